The standard InChI is InChI=1S/C17H25N3O5Se/c1-16(2,3)14-20(9-21)11(13(22)23)12(26-14)10-7-19(8-18-10)15(24)25-17(4,5)6/h7-9,11-12,14H,1-6H3,(H,22,23). The van der Waals surface area contributed by atoms with Gasteiger partial charge in [0.25, 0.3) is 0 Å². The maximum atomic E-state index is 12.2. The summed E-state index contributed by atoms with van der Waals surface area (Å²) in [7, 11) is 0. The minimum atomic E-state index is -1.07. The molecule has 8 nitrogen and oxygen atoms in total. The Morgan fingerprint density at radius 3 is 2.35 bits per heavy atom. The molecule has 0 radical (unpaired) electrons. The molecule has 1 fully saturated rings. The quantitative estimate of drug-likeness (QED) is 0.579. The number of imidazole rings is 1. The maximum absolute atomic E-state index is 12.2. The van der Waals surface area contributed by atoms with E-state index in [0.717, 1.165) is 0 Å². The van der Waals surface area contributed by atoms with E-state index in [2.05, 4.69) is 4.98 Å². The summed E-state index contributed by atoms with van der Waals surface area (Å²) in [5.74, 6) is -1.07. The second-order valence-electron chi connectivity index (χ2n) is 8.30. The number of carboxylic acids is 1. The first-order valence-electron chi connectivity index (χ1n) is 8.23. The van der Waals surface area contributed by atoms with Crippen molar-refractivity contribution in [3.05, 3.63) is 18.2 Å². The van der Waals surface area contributed by atoms with Crippen molar-refractivity contribution in [2.24, 2.45) is 5.41 Å². The van der Waals surface area contributed by atoms with Crippen LogP contribution in [-0.2, 0) is 14.3 Å². The molecule has 0 bridgehead atoms. The van der Waals surface area contributed by atoms with Gasteiger partial charge in [-0.05, 0) is 0 Å². The number of hydrogen-bond donors (Lipinski definition) is 1. The molecule has 3 atom stereocenters. The average Bonchev–Trinajstić information content (AvgIpc) is 3.08. The van der Waals surface area contributed by atoms with Crippen molar-refractivity contribution in [3.63, 3.8) is 0 Å². The number of carbonyl (C=O) groups excluding carboxylic acids is 2. The Hall–Kier alpha value is -1.86. The fourth-order valence-corrected chi connectivity index (χ4v) is 6.26. The predicted octanol–water partition coefficient (Wildman–Crippen LogP) is 1.71. The van der Waals surface area contributed by atoms with Crippen LogP contribution in [0.5, 0.6) is 0 Å². The van der Waals surface area contributed by atoms with Crippen LogP contribution in [0.15, 0.2) is 12.5 Å². The summed E-state index contributed by atoms with van der Waals surface area (Å²) in [4.78, 5) is 40.6. The molecule has 1 aliphatic rings. The number of aliphatic carboxylic acids is 1. The monoisotopic (exact) mass is 431 g/mol. The van der Waals surface area contributed by atoms with Gasteiger partial charge in [0.15, 0.2) is 0 Å². The molecule has 1 amide bonds. The number of nitrogens with zero attached hydrogens (tertiary/aromatic N) is 3. The van der Waals surface area contributed by atoms with Crippen LogP contribution in [0.1, 0.15) is 52.1 Å². The molecule has 1 saturated heterocycles. The zero-order valence-electron chi connectivity index (χ0n) is 15.8. The van der Waals surface area contributed by atoms with Crippen LogP contribution in [-0.4, -0.2) is 69.6 Å². The van der Waals surface area contributed by atoms with Gasteiger partial charge in [-0.2, -0.15) is 0 Å². The molecule has 3 unspecified atom stereocenters. The van der Waals surface area contributed by atoms with Gasteiger partial charge in [-0.1, -0.05) is 0 Å². The third-order valence-electron chi connectivity index (χ3n) is 3.77. The van der Waals surface area contributed by atoms with Crippen LogP contribution in [0.4, 0.5) is 4.79 Å². The van der Waals surface area contributed by atoms with Gasteiger partial charge >= 0.3 is 159 Å². The van der Waals surface area contributed by atoms with E-state index in [4.69, 9.17) is 4.74 Å². The first-order chi connectivity index (χ1) is 11.8. The number of hydrogen-bond acceptors (Lipinski definition) is 5. The molecule has 1 aromatic rings. The predicted molar refractivity (Wildman–Crippen MR) is 94.9 cm³/mol. The van der Waals surface area contributed by atoms with E-state index in [-0.39, 0.29) is 25.3 Å². The van der Waals surface area contributed by atoms with Crippen molar-refractivity contribution in [1.29, 1.82) is 0 Å². The van der Waals surface area contributed by atoms with Crippen molar-refractivity contribution in [2.45, 2.75) is 62.9 Å². The molecule has 1 aliphatic heterocycles. The third-order valence-corrected chi connectivity index (χ3v) is 7.97. The van der Waals surface area contributed by atoms with Crippen molar-refractivity contribution < 1.29 is 24.2 Å². The molecule has 0 aliphatic carbocycles. The van der Waals surface area contributed by atoms with Gasteiger partial charge in [-0.15, -0.1) is 0 Å². The number of aromatic nitrogens is 2. The van der Waals surface area contributed by atoms with Crippen LogP contribution in [0.3, 0.4) is 0 Å². The summed E-state index contributed by atoms with van der Waals surface area (Å²) in [6, 6.07) is -0.987. The van der Waals surface area contributed by atoms with E-state index in [1.165, 1.54) is 22.0 Å². The number of rotatable bonds is 3. The average molecular weight is 430 g/mol. The van der Waals surface area contributed by atoms with E-state index in [1.54, 1.807) is 20.8 Å². The fourth-order valence-electron chi connectivity index (χ4n) is 2.75. The number of carboxylic acid groups (broad SMARTS) is 1. The van der Waals surface area contributed by atoms with Crippen LogP contribution >= 0.6 is 0 Å². The summed E-state index contributed by atoms with van der Waals surface area (Å²) >= 11 is -0.213. The first kappa shape index (κ1) is 20.5. The van der Waals surface area contributed by atoms with E-state index in [0.29, 0.717) is 12.1 Å². The van der Waals surface area contributed by atoms with Gasteiger partial charge < -0.3 is 0 Å². The Morgan fingerprint density at radius 2 is 1.88 bits per heavy atom. The molecular formula is C17H25N3O5Se. The van der Waals surface area contributed by atoms with Crippen molar-refractivity contribution in [1.82, 2.24) is 14.5 Å². The van der Waals surface area contributed by atoms with Gasteiger partial charge in [-0.25, -0.2) is 0 Å². The topological polar surface area (TPSA) is 102 Å². The Kier molecular flexibility index (Phi) is 5.54. The van der Waals surface area contributed by atoms with Crippen molar-refractivity contribution in [3.8, 4) is 0 Å². The van der Waals surface area contributed by atoms with E-state index >= 15 is 0 Å². The molecular weight excluding hydrogens is 405 g/mol. The van der Waals surface area contributed by atoms with Gasteiger partial charge in [0.2, 0.25) is 0 Å². The molecule has 1 aromatic heterocycles. The van der Waals surface area contributed by atoms with Crippen molar-refractivity contribution in [2.75, 3.05) is 0 Å². The molecule has 2 rings (SSSR count). The second-order valence-corrected chi connectivity index (χ2v) is 10.9. The molecule has 0 aromatic carbocycles. The van der Waals surface area contributed by atoms with Gasteiger partial charge in [0, 0.05) is 0 Å². The molecule has 0 spiro atoms. The van der Waals surface area contributed by atoms with E-state index in [1.807, 2.05) is 20.8 Å². The summed E-state index contributed by atoms with van der Waals surface area (Å²) in [5.41, 5.74) is -0.410. The van der Waals surface area contributed by atoms with Gasteiger partial charge in [0.05, 0.1) is 0 Å². The first-order valence-corrected chi connectivity index (χ1v) is 10.2. The molecule has 9 heteroatoms. The Bertz CT molecular complexity index is 704. The molecule has 2 heterocycles. The van der Waals surface area contributed by atoms with Crippen LogP contribution in [0.25, 0.3) is 0 Å². The number of ether oxygens (including phenoxy) is 1. The van der Waals surface area contributed by atoms with E-state index < -0.39 is 28.5 Å². The number of amides is 1. The summed E-state index contributed by atoms with van der Waals surface area (Å²) in [6.07, 6.45) is 2.87. The Morgan fingerprint density at radius 1 is 1.27 bits per heavy atom. The van der Waals surface area contributed by atoms with Gasteiger partial charge in [-0.3, -0.25) is 0 Å². The summed E-state index contributed by atoms with van der Waals surface area (Å²) < 4.78 is 6.51. The molecule has 0 saturated carbocycles. The normalized spacial score (nSPS) is 23.8. The molecule has 26 heavy (non-hydrogen) atoms. The minimum absolute atomic E-state index is 0.176. The third kappa shape index (κ3) is 4.27. The Balaban J connectivity index is 2.33. The van der Waals surface area contributed by atoms with Crippen LogP contribution in [0, 0.1) is 5.41 Å². The number of carbonyl (C=O) groups is 3. The van der Waals surface area contributed by atoms with E-state index in [9.17, 15) is 19.5 Å². The second kappa shape index (κ2) is 7.04. The molecule has 144 valence electrons. The molecule has 1 N–H and O–H groups in total. The zero-order chi connectivity index (χ0) is 19.9. The van der Waals surface area contributed by atoms with Crippen LogP contribution < -0.4 is 0 Å². The summed E-state index contributed by atoms with van der Waals surface area (Å²) in [5, 5.41) is 9.68. The fraction of sp³-hybridized carbons (Fsp3) is 0.647. The SMILES string of the molecule is CC(C)(C)OC(=O)n1cnc(C2[Se]C(C(C)(C)C)N(C=O)C2C(=O)O)c1. The zero-order valence-corrected chi connectivity index (χ0v) is 17.5. The summed E-state index contributed by atoms with van der Waals surface area (Å²) in [6.45, 7) is 11.2. The van der Waals surface area contributed by atoms with Crippen LogP contribution in [0.2, 0.25) is 0 Å². The Labute approximate surface area is 159 Å². The van der Waals surface area contributed by atoms with Crippen molar-refractivity contribution >= 4 is 33.4 Å². The van der Waals surface area contributed by atoms with Gasteiger partial charge in [0.1, 0.15) is 0 Å².